The molecular weight excluding hydrogens is 308 g/mol. The van der Waals surface area contributed by atoms with Crippen LogP contribution in [0.2, 0.25) is 0 Å². The zero-order valence-electron chi connectivity index (χ0n) is 13.3. The van der Waals surface area contributed by atoms with Crippen LogP contribution in [0.15, 0.2) is 48.5 Å². The Bertz CT molecular complexity index is 758. The molecule has 3 rings (SSSR count). The fourth-order valence-electron chi connectivity index (χ4n) is 2.84. The Hall–Kier alpha value is -3.02. The van der Waals surface area contributed by atoms with Crippen LogP contribution in [0, 0.1) is 0 Å². The summed E-state index contributed by atoms with van der Waals surface area (Å²) in [4.78, 5) is 25.6. The molecule has 2 amide bonds. The second-order valence-electron chi connectivity index (χ2n) is 5.53. The molecule has 6 nitrogen and oxygen atoms in total. The molecule has 0 saturated carbocycles. The Morgan fingerprint density at radius 1 is 1.08 bits per heavy atom. The van der Waals surface area contributed by atoms with Crippen LogP contribution in [0.3, 0.4) is 0 Å². The van der Waals surface area contributed by atoms with Crippen LogP contribution in [0.4, 0.5) is 4.79 Å². The van der Waals surface area contributed by atoms with Crippen molar-refractivity contribution in [2.75, 3.05) is 7.11 Å². The lowest BCUT2D eigenvalue weighted by atomic mass is 9.98. The van der Waals surface area contributed by atoms with Crippen molar-refractivity contribution in [3.63, 3.8) is 0 Å². The van der Waals surface area contributed by atoms with Crippen LogP contribution >= 0.6 is 0 Å². The normalized spacial score (nSPS) is 16.2. The van der Waals surface area contributed by atoms with Crippen molar-refractivity contribution in [3.8, 4) is 5.75 Å². The van der Waals surface area contributed by atoms with Gasteiger partial charge in [-0.15, -0.1) is 0 Å². The number of amides is 2. The summed E-state index contributed by atoms with van der Waals surface area (Å²) >= 11 is 0. The third-order valence-electron chi connectivity index (χ3n) is 4.05. The van der Waals surface area contributed by atoms with Crippen LogP contribution < -0.4 is 10.5 Å². The summed E-state index contributed by atoms with van der Waals surface area (Å²) in [6, 6.07) is 14.6. The number of carbonyl (C=O) groups is 2. The third-order valence-corrected chi connectivity index (χ3v) is 4.05. The van der Waals surface area contributed by atoms with E-state index in [1.807, 2.05) is 24.3 Å². The molecule has 1 aliphatic heterocycles. The van der Waals surface area contributed by atoms with Gasteiger partial charge < -0.3 is 15.2 Å². The largest absolute Gasteiger partial charge is 0.497 e. The van der Waals surface area contributed by atoms with Crippen LogP contribution in [-0.4, -0.2) is 30.2 Å². The van der Waals surface area contributed by atoms with Crippen molar-refractivity contribution in [2.45, 2.75) is 19.2 Å². The summed E-state index contributed by atoms with van der Waals surface area (Å²) in [5, 5.41) is 0. The minimum atomic E-state index is -0.896. The standard InChI is InChI=1S/C18H18N2O4/c1-23-15-8-6-12(7-9-15)17(21)20-11-14-5-3-2-4-13(14)10-16(20)24-18(19)22/h2-9,16H,10-11H2,1H3,(H2,19,22)/t16-/m1/s1. The first-order valence-corrected chi connectivity index (χ1v) is 7.56. The molecule has 124 valence electrons. The van der Waals surface area contributed by atoms with Gasteiger partial charge in [-0.25, -0.2) is 4.79 Å². The van der Waals surface area contributed by atoms with Crippen LogP contribution in [0.1, 0.15) is 21.5 Å². The Balaban J connectivity index is 1.90. The highest BCUT2D eigenvalue weighted by Gasteiger charge is 2.32. The maximum atomic E-state index is 12.9. The smallest absolute Gasteiger partial charge is 0.406 e. The van der Waals surface area contributed by atoms with Gasteiger partial charge in [-0.05, 0) is 35.4 Å². The molecule has 0 saturated heterocycles. The number of methoxy groups -OCH3 is 1. The second kappa shape index (κ2) is 6.62. The summed E-state index contributed by atoms with van der Waals surface area (Å²) < 4.78 is 10.3. The van der Waals surface area contributed by atoms with Gasteiger partial charge in [0, 0.05) is 18.5 Å². The van der Waals surface area contributed by atoms with E-state index in [1.54, 1.807) is 31.4 Å². The number of benzene rings is 2. The first-order chi connectivity index (χ1) is 11.6. The van der Waals surface area contributed by atoms with Gasteiger partial charge >= 0.3 is 6.09 Å². The number of hydrogen-bond acceptors (Lipinski definition) is 4. The Morgan fingerprint density at radius 3 is 2.38 bits per heavy atom. The lowest BCUT2D eigenvalue weighted by Crippen LogP contribution is -2.47. The van der Waals surface area contributed by atoms with E-state index in [0.717, 1.165) is 11.1 Å². The number of rotatable bonds is 3. The summed E-state index contributed by atoms with van der Waals surface area (Å²) in [7, 11) is 1.56. The summed E-state index contributed by atoms with van der Waals surface area (Å²) in [5.41, 5.74) is 7.74. The number of nitrogens with two attached hydrogens (primary N) is 1. The van der Waals surface area contributed by atoms with E-state index >= 15 is 0 Å². The van der Waals surface area contributed by atoms with Gasteiger partial charge in [-0.3, -0.25) is 9.69 Å². The molecule has 2 aromatic rings. The molecule has 0 fully saturated rings. The lowest BCUT2D eigenvalue weighted by molar-refractivity contribution is -0.0112. The molecule has 1 heterocycles. The number of nitrogens with zero attached hydrogens (tertiary/aromatic N) is 1. The Kier molecular flexibility index (Phi) is 4.37. The van der Waals surface area contributed by atoms with Crippen LogP contribution in [0.25, 0.3) is 0 Å². The molecule has 0 unspecified atom stereocenters. The van der Waals surface area contributed by atoms with Gasteiger partial charge in [0.2, 0.25) is 0 Å². The van der Waals surface area contributed by atoms with E-state index in [4.69, 9.17) is 15.2 Å². The Labute approximate surface area is 139 Å². The number of carbonyl (C=O) groups excluding carboxylic acids is 2. The molecule has 6 heteroatoms. The van der Waals surface area contributed by atoms with Crippen molar-refractivity contribution in [1.82, 2.24) is 4.90 Å². The van der Waals surface area contributed by atoms with E-state index in [1.165, 1.54) is 4.90 Å². The zero-order chi connectivity index (χ0) is 17.1. The maximum Gasteiger partial charge on any atom is 0.406 e. The van der Waals surface area contributed by atoms with Gasteiger partial charge in [0.25, 0.3) is 5.91 Å². The lowest BCUT2D eigenvalue weighted by Gasteiger charge is -2.35. The SMILES string of the molecule is COc1ccc(C(=O)N2Cc3ccccc3C[C@H]2OC(N)=O)cc1. The monoisotopic (exact) mass is 326 g/mol. The Morgan fingerprint density at radius 2 is 1.75 bits per heavy atom. The molecule has 0 aromatic heterocycles. The van der Waals surface area contributed by atoms with Gasteiger partial charge in [-0.1, -0.05) is 24.3 Å². The predicted octanol–water partition coefficient (Wildman–Crippen LogP) is 2.32. The first-order valence-electron chi connectivity index (χ1n) is 7.56. The van der Waals surface area contributed by atoms with E-state index in [9.17, 15) is 9.59 Å². The number of hydrogen-bond donors (Lipinski definition) is 1. The number of primary amides is 1. The highest BCUT2D eigenvalue weighted by molar-refractivity contribution is 5.94. The van der Waals surface area contributed by atoms with Crippen molar-refractivity contribution in [3.05, 3.63) is 65.2 Å². The number of ether oxygens (including phenoxy) is 2. The quantitative estimate of drug-likeness (QED) is 0.938. The molecule has 0 bridgehead atoms. The average molecular weight is 326 g/mol. The van der Waals surface area contributed by atoms with E-state index in [0.29, 0.717) is 24.3 Å². The zero-order valence-corrected chi connectivity index (χ0v) is 13.3. The van der Waals surface area contributed by atoms with Crippen LogP contribution in [-0.2, 0) is 17.7 Å². The van der Waals surface area contributed by atoms with Gasteiger partial charge in [0.15, 0.2) is 6.23 Å². The van der Waals surface area contributed by atoms with Gasteiger partial charge in [-0.2, -0.15) is 0 Å². The molecule has 0 spiro atoms. The average Bonchev–Trinajstić information content (AvgIpc) is 2.60. The van der Waals surface area contributed by atoms with Crippen LogP contribution in [0.5, 0.6) is 5.75 Å². The van der Waals surface area contributed by atoms with Crippen molar-refractivity contribution in [2.24, 2.45) is 5.73 Å². The molecule has 2 aromatic carbocycles. The minimum absolute atomic E-state index is 0.224. The van der Waals surface area contributed by atoms with Crippen molar-refractivity contribution in [1.29, 1.82) is 0 Å². The van der Waals surface area contributed by atoms with Gasteiger partial charge in [0.1, 0.15) is 5.75 Å². The fourth-order valence-corrected chi connectivity index (χ4v) is 2.84. The summed E-state index contributed by atoms with van der Waals surface area (Å²) in [6.45, 7) is 0.360. The molecule has 0 radical (unpaired) electrons. The van der Waals surface area contributed by atoms with Crippen molar-refractivity contribution < 1.29 is 19.1 Å². The predicted molar refractivity (Wildman–Crippen MR) is 87.5 cm³/mol. The second-order valence-corrected chi connectivity index (χ2v) is 5.53. The fraction of sp³-hybridized carbons (Fsp3) is 0.222. The summed E-state index contributed by atoms with van der Waals surface area (Å²) in [5.74, 6) is 0.443. The first kappa shape index (κ1) is 15.9. The van der Waals surface area contributed by atoms with Crippen molar-refractivity contribution >= 4 is 12.0 Å². The van der Waals surface area contributed by atoms with E-state index in [-0.39, 0.29) is 5.91 Å². The highest BCUT2D eigenvalue weighted by Crippen LogP contribution is 2.26. The maximum absolute atomic E-state index is 12.9. The third kappa shape index (κ3) is 3.17. The summed E-state index contributed by atoms with van der Waals surface area (Å²) in [6.07, 6.45) is -1.19. The molecule has 1 aliphatic rings. The molecule has 1 atom stereocenters. The minimum Gasteiger partial charge on any atom is -0.497 e. The molecular formula is C18H18N2O4. The molecule has 2 N–H and O–H groups in total. The topological polar surface area (TPSA) is 81.9 Å². The van der Waals surface area contributed by atoms with E-state index < -0.39 is 12.3 Å². The number of fused-ring (bicyclic) bond motifs is 1. The van der Waals surface area contributed by atoms with E-state index in [2.05, 4.69) is 0 Å². The molecule has 24 heavy (non-hydrogen) atoms. The molecule has 0 aliphatic carbocycles. The van der Waals surface area contributed by atoms with Gasteiger partial charge in [0.05, 0.1) is 7.11 Å². The highest BCUT2D eigenvalue weighted by atomic mass is 16.6.